The van der Waals surface area contributed by atoms with E-state index in [9.17, 15) is 0 Å². The third-order valence-electron chi connectivity index (χ3n) is 5.23. The predicted molar refractivity (Wildman–Crippen MR) is 110 cm³/mol. The van der Waals surface area contributed by atoms with Gasteiger partial charge in [-0.3, -0.25) is 0 Å². The standard InChI is InChI=1S/C24H20N2/c25-21-14-6-4-11-18(21)19-13-8-16-23-24(19)20-12-5-7-15-22(20)26(23)17-9-2-1-3-10-17/h1-6,8-14,16H,7,15,25H2. The van der Waals surface area contributed by atoms with Crippen molar-refractivity contribution < 1.29 is 0 Å². The van der Waals surface area contributed by atoms with E-state index in [1.165, 1.54) is 33.4 Å². The second kappa shape index (κ2) is 5.92. The Hall–Kier alpha value is -3.26. The molecule has 0 saturated carbocycles. The minimum atomic E-state index is 0.820. The van der Waals surface area contributed by atoms with E-state index < -0.39 is 0 Å². The molecule has 2 N–H and O–H groups in total. The fraction of sp³-hybridized carbons (Fsp3) is 0.0833. The van der Waals surface area contributed by atoms with Gasteiger partial charge in [0.15, 0.2) is 0 Å². The zero-order valence-electron chi connectivity index (χ0n) is 14.5. The van der Waals surface area contributed by atoms with Gasteiger partial charge in [-0.2, -0.15) is 0 Å². The molecule has 0 spiro atoms. The summed E-state index contributed by atoms with van der Waals surface area (Å²) in [5, 5.41) is 1.29. The Kier molecular flexibility index (Phi) is 3.42. The van der Waals surface area contributed by atoms with Crippen molar-refractivity contribution in [2.24, 2.45) is 0 Å². The summed E-state index contributed by atoms with van der Waals surface area (Å²) in [7, 11) is 0. The van der Waals surface area contributed by atoms with Crippen LogP contribution >= 0.6 is 0 Å². The van der Waals surface area contributed by atoms with Crippen molar-refractivity contribution in [3.05, 3.63) is 90.1 Å². The first-order valence-electron chi connectivity index (χ1n) is 9.08. The number of allylic oxidation sites excluding steroid dienone is 1. The molecule has 4 aromatic rings. The van der Waals surface area contributed by atoms with E-state index in [2.05, 4.69) is 77.4 Å². The van der Waals surface area contributed by atoms with E-state index in [0.29, 0.717) is 0 Å². The van der Waals surface area contributed by atoms with Crippen molar-refractivity contribution in [3.63, 3.8) is 0 Å². The molecule has 0 atom stereocenters. The second-order valence-corrected chi connectivity index (χ2v) is 6.76. The van der Waals surface area contributed by atoms with Crippen molar-refractivity contribution >= 4 is 22.7 Å². The molecule has 0 aliphatic heterocycles. The van der Waals surface area contributed by atoms with E-state index in [4.69, 9.17) is 5.73 Å². The quantitative estimate of drug-likeness (QED) is 0.458. The number of hydrogen-bond donors (Lipinski definition) is 1. The fourth-order valence-electron chi connectivity index (χ4n) is 4.11. The number of nitrogen functional groups attached to an aromatic ring is 1. The fourth-order valence-corrected chi connectivity index (χ4v) is 4.11. The van der Waals surface area contributed by atoms with Crippen LogP contribution in [0.25, 0.3) is 33.8 Å². The average molecular weight is 336 g/mol. The third kappa shape index (κ3) is 2.19. The van der Waals surface area contributed by atoms with Gasteiger partial charge in [-0.25, -0.2) is 0 Å². The van der Waals surface area contributed by atoms with Gasteiger partial charge in [0.2, 0.25) is 0 Å². The van der Waals surface area contributed by atoms with E-state index in [-0.39, 0.29) is 0 Å². The van der Waals surface area contributed by atoms with Crippen LogP contribution in [0.3, 0.4) is 0 Å². The Morgan fingerprint density at radius 3 is 2.38 bits per heavy atom. The highest BCUT2D eigenvalue weighted by Gasteiger charge is 2.21. The first-order chi connectivity index (χ1) is 12.8. The number of hydrogen-bond acceptors (Lipinski definition) is 1. The van der Waals surface area contributed by atoms with Crippen molar-refractivity contribution in [1.82, 2.24) is 4.57 Å². The van der Waals surface area contributed by atoms with Crippen LogP contribution in [0.5, 0.6) is 0 Å². The SMILES string of the molecule is Nc1ccccc1-c1cccc2c1c1c(n2-c2ccccc2)CCC=C1. The molecule has 2 heteroatoms. The van der Waals surface area contributed by atoms with Gasteiger partial charge in [0.1, 0.15) is 0 Å². The molecular weight excluding hydrogens is 316 g/mol. The maximum absolute atomic E-state index is 6.31. The van der Waals surface area contributed by atoms with Crippen LogP contribution in [0, 0.1) is 0 Å². The Bertz CT molecular complexity index is 1130. The molecule has 0 fully saturated rings. The molecule has 1 heterocycles. The zero-order chi connectivity index (χ0) is 17.5. The number of nitrogens with zero attached hydrogens (tertiary/aromatic N) is 1. The van der Waals surface area contributed by atoms with Gasteiger partial charge in [-0.1, -0.05) is 60.7 Å². The summed E-state index contributed by atoms with van der Waals surface area (Å²) in [4.78, 5) is 0. The Morgan fingerprint density at radius 2 is 1.54 bits per heavy atom. The predicted octanol–water partition coefficient (Wildman–Crippen LogP) is 5.84. The first kappa shape index (κ1) is 15.0. The van der Waals surface area contributed by atoms with Crippen LogP contribution in [-0.4, -0.2) is 4.57 Å². The van der Waals surface area contributed by atoms with Gasteiger partial charge in [-0.05, 0) is 42.7 Å². The highest BCUT2D eigenvalue weighted by molar-refractivity contribution is 6.05. The van der Waals surface area contributed by atoms with Gasteiger partial charge in [0.05, 0.1) is 5.52 Å². The lowest BCUT2D eigenvalue weighted by molar-refractivity contribution is 0.888. The molecule has 5 rings (SSSR count). The number of fused-ring (bicyclic) bond motifs is 3. The minimum absolute atomic E-state index is 0.820. The van der Waals surface area contributed by atoms with Gasteiger partial charge < -0.3 is 10.3 Å². The second-order valence-electron chi connectivity index (χ2n) is 6.76. The van der Waals surface area contributed by atoms with Crippen LogP contribution in [0.1, 0.15) is 17.7 Å². The molecule has 0 radical (unpaired) electrons. The van der Waals surface area contributed by atoms with E-state index in [0.717, 1.165) is 24.1 Å². The molecule has 0 unspecified atom stereocenters. The van der Waals surface area contributed by atoms with Crippen LogP contribution in [0.2, 0.25) is 0 Å². The van der Waals surface area contributed by atoms with Crippen LogP contribution < -0.4 is 5.73 Å². The zero-order valence-corrected chi connectivity index (χ0v) is 14.5. The highest BCUT2D eigenvalue weighted by Crippen LogP contribution is 2.40. The normalized spacial score (nSPS) is 13.1. The van der Waals surface area contributed by atoms with E-state index in [1.807, 2.05) is 12.1 Å². The molecule has 1 aliphatic carbocycles. The number of anilines is 1. The van der Waals surface area contributed by atoms with Gasteiger partial charge in [-0.15, -0.1) is 0 Å². The smallest absolute Gasteiger partial charge is 0.0543 e. The molecule has 2 nitrogen and oxygen atoms in total. The summed E-state index contributed by atoms with van der Waals surface area (Å²) < 4.78 is 2.41. The van der Waals surface area contributed by atoms with E-state index in [1.54, 1.807) is 0 Å². The monoisotopic (exact) mass is 336 g/mol. The minimum Gasteiger partial charge on any atom is -0.398 e. The molecule has 0 amide bonds. The molecule has 0 bridgehead atoms. The lowest BCUT2D eigenvalue weighted by Crippen LogP contribution is -2.02. The summed E-state index contributed by atoms with van der Waals surface area (Å²) in [6.45, 7) is 0. The Morgan fingerprint density at radius 1 is 0.769 bits per heavy atom. The van der Waals surface area contributed by atoms with Crippen LogP contribution in [0.4, 0.5) is 5.69 Å². The number of nitrogens with two attached hydrogens (primary N) is 1. The summed E-state index contributed by atoms with van der Waals surface area (Å²) >= 11 is 0. The van der Waals surface area contributed by atoms with Crippen LogP contribution in [-0.2, 0) is 6.42 Å². The molecule has 0 saturated heterocycles. The first-order valence-corrected chi connectivity index (χ1v) is 9.08. The number of para-hydroxylation sites is 2. The Balaban J connectivity index is 1.91. The van der Waals surface area contributed by atoms with Gasteiger partial charge in [0.25, 0.3) is 0 Å². The summed E-state index contributed by atoms with van der Waals surface area (Å²) in [6.07, 6.45) is 6.70. The largest absolute Gasteiger partial charge is 0.398 e. The van der Waals surface area contributed by atoms with Crippen molar-refractivity contribution in [3.8, 4) is 16.8 Å². The summed E-state index contributed by atoms with van der Waals surface area (Å²) in [6, 6.07) is 25.3. The van der Waals surface area contributed by atoms with Crippen molar-refractivity contribution in [2.45, 2.75) is 12.8 Å². The average Bonchev–Trinajstić information content (AvgIpc) is 3.04. The number of benzene rings is 3. The maximum Gasteiger partial charge on any atom is 0.0543 e. The maximum atomic E-state index is 6.31. The lowest BCUT2D eigenvalue weighted by atomic mass is 9.95. The topological polar surface area (TPSA) is 30.9 Å². The van der Waals surface area contributed by atoms with Crippen molar-refractivity contribution in [2.75, 3.05) is 5.73 Å². The summed E-state index contributed by atoms with van der Waals surface area (Å²) in [5.74, 6) is 0. The molecule has 126 valence electrons. The molecule has 1 aliphatic rings. The highest BCUT2D eigenvalue weighted by atomic mass is 15.0. The molecule has 3 aromatic carbocycles. The lowest BCUT2D eigenvalue weighted by Gasteiger charge is -2.13. The molecule has 1 aromatic heterocycles. The van der Waals surface area contributed by atoms with Crippen molar-refractivity contribution in [1.29, 1.82) is 0 Å². The molecule has 26 heavy (non-hydrogen) atoms. The third-order valence-corrected chi connectivity index (χ3v) is 5.23. The van der Waals surface area contributed by atoms with Crippen LogP contribution in [0.15, 0.2) is 78.9 Å². The molecular formula is C24H20N2. The van der Waals surface area contributed by atoms with Gasteiger partial charge in [0, 0.05) is 33.6 Å². The summed E-state index contributed by atoms with van der Waals surface area (Å²) in [5.41, 5.74) is 14.6. The van der Waals surface area contributed by atoms with Gasteiger partial charge >= 0.3 is 0 Å². The van der Waals surface area contributed by atoms with E-state index >= 15 is 0 Å². The number of rotatable bonds is 2. The number of aromatic nitrogens is 1. The Labute approximate surface area is 153 Å².